The van der Waals surface area contributed by atoms with Crippen molar-refractivity contribution in [3.8, 4) is 0 Å². The maximum Gasteiger partial charge on any atom is 0.233 e. The van der Waals surface area contributed by atoms with E-state index in [-0.39, 0.29) is 18.3 Å². The van der Waals surface area contributed by atoms with Crippen molar-refractivity contribution in [1.29, 1.82) is 0 Å². The Hall–Kier alpha value is -0.280. The van der Waals surface area contributed by atoms with Crippen LogP contribution < -0.4 is 5.84 Å². The zero-order valence-corrected chi connectivity index (χ0v) is 5.86. The average molecular weight is 139 g/mol. The molecule has 4 heteroatoms. The summed E-state index contributed by atoms with van der Waals surface area (Å²) in [4.78, 5) is 10.2. The predicted octanol–water partition coefficient (Wildman–Crippen LogP) is 0.150. The molecule has 3 nitrogen and oxygen atoms in total. The third kappa shape index (κ3) is 3.89. The van der Waals surface area contributed by atoms with Crippen LogP contribution >= 0.6 is 12.4 Å². The van der Waals surface area contributed by atoms with E-state index in [1.54, 1.807) is 0 Å². The number of nitrogens with zero attached hydrogens (tertiary/aromatic N) is 1. The van der Waals surface area contributed by atoms with Crippen LogP contribution in [0.1, 0.15) is 13.8 Å². The van der Waals surface area contributed by atoms with Crippen LogP contribution in [0.3, 0.4) is 0 Å². The number of nitrogens with two attached hydrogens (primary N) is 1. The number of carbonyl (C=O) groups is 1. The van der Waals surface area contributed by atoms with Crippen LogP contribution in [0.25, 0.3) is 0 Å². The number of hydrogen-bond acceptors (Lipinski definition) is 2. The summed E-state index contributed by atoms with van der Waals surface area (Å²) in [6.45, 7) is 3.83. The Morgan fingerprint density at radius 1 is 1.75 bits per heavy atom. The quantitative estimate of drug-likeness (QED) is 0.319. The second-order valence-corrected chi connectivity index (χ2v) is 1.31. The molecule has 0 rings (SSSR count). The van der Waals surface area contributed by atoms with Gasteiger partial charge in [0, 0.05) is 13.5 Å². The van der Waals surface area contributed by atoms with Gasteiger partial charge in [0.1, 0.15) is 0 Å². The number of halogens is 1. The first kappa shape index (κ1) is 10.7. The number of rotatable bonds is 1. The number of carbonyl (C=O) groups excluding carboxylic acids is 1. The second-order valence-electron chi connectivity index (χ2n) is 1.31. The minimum atomic E-state index is -0.0949. The summed E-state index contributed by atoms with van der Waals surface area (Å²) < 4.78 is 0. The van der Waals surface area contributed by atoms with Crippen LogP contribution in [0.15, 0.2) is 0 Å². The van der Waals surface area contributed by atoms with Gasteiger partial charge in [0.15, 0.2) is 0 Å². The highest BCUT2D eigenvalue weighted by Crippen LogP contribution is 1.73. The molecule has 1 amide bonds. The molecule has 0 aromatic carbocycles. The molecule has 0 bridgehead atoms. The van der Waals surface area contributed by atoms with Crippen molar-refractivity contribution in [2.75, 3.05) is 6.54 Å². The van der Waals surface area contributed by atoms with Gasteiger partial charge in [-0.15, -0.1) is 12.4 Å². The van der Waals surface area contributed by atoms with Gasteiger partial charge in [0.2, 0.25) is 5.91 Å². The largest absolute Gasteiger partial charge is 0.281 e. The molecule has 0 atom stereocenters. The van der Waals surface area contributed by atoms with Crippen LogP contribution in [-0.4, -0.2) is 17.5 Å². The molecule has 0 aliphatic heterocycles. The van der Waals surface area contributed by atoms with Gasteiger partial charge in [-0.3, -0.25) is 9.80 Å². The van der Waals surface area contributed by atoms with E-state index in [2.05, 4.69) is 0 Å². The van der Waals surface area contributed by atoms with Gasteiger partial charge >= 0.3 is 0 Å². The van der Waals surface area contributed by atoms with Gasteiger partial charge in [-0.25, -0.2) is 5.84 Å². The van der Waals surface area contributed by atoms with E-state index in [0.29, 0.717) is 6.54 Å². The first-order valence-corrected chi connectivity index (χ1v) is 2.21. The molecular weight excluding hydrogens is 128 g/mol. The zero-order chi connectivity index (χ0) is 5.86. The van der Waals surface area contributed by atoms with Crippen molar-refractivity contribution < 1.29 is 4.79 Å². The lowest BCUT2D eigenvalue weighted by molar-refractivity contribution is -0.128. The Kier molecular flexibility index (Phi) is 6.48. The van der Waals surface area contributed by atoms with Crippen molar-refractivity contribution in [3.05, 3.63) is 0 Å². The van der Waals surface area contributed by atoms with Crippen molar-refractivity contribution in [3.63, 3.8) is 0 Å². The molecule has 0 aromatic heterocycles. The lowest BCUT2D eigenvalue weighted by Crippen LogP contribution is -2.34. The highest BCUT2D eigenvalue weighted by molar-refractivity contribution is 5.85. The Morgan fingerprint density at radius 3 is 2.12 bits per heavy atom. The Balaban J connectivity index is 0. The summed E-state index contributed by atoms with van der Waals surface area (Å²) in [6, 6.07) is 0. The van der Waals surface area contributed by atoms with E-state index in [1.165, 1.54) is 6.92 Å². The summed E-state index contributed by atoms with van der Waals surface area (Å²) in [5, 5.41) is 1.15. The van der Waals surface area contributed by atoms with Gasteiger partial charge in [-0.1, -0.05) is 0 Å². The van der Waals surface area contributed by atoms with Crippen molar-refractivity contribution in [2.45, 2.75) is 13.8 Å². The SMILES string of the molecule is CCN(N)C(C)=O.Cl. The molecule has 0 spiro atoms. The molecule has 0 aliphatic carbocycles. The number of hydrogen-bond donors (Lipinski definition) is 1. The number of hydrazine groups is 1. The minimum Gasteiger partial charge on any atom is -0.281 e. The molecule has 0 unspecified atom stereocenters. The maximum absolute atomic E-state index is 10.2. The Morgan fingerprint density at radius 2 is 2.12 bits per heavy atom. The van der Waals surface area contributed by atoms with E-state index >= 15 is 0 Å². The van der Waals surface area contributed by atoms with E-state index in [1.807, 2.05) is 6.92 Å². The van der Waals surface area contributed by atoms with Gasteiger partial charge in [0.05, 0.1) is 0 Å². The van der Waals surface area contributed by atoms with E-state index in [9.17, 15) is 4.79 Å². The molecule has 0 aromatic rings. The molecule has 8 heavy (non-hydrogen) atoms. The first-order chi connectivity index (χ1) is 3.18. The fourth-order valence-electron chi connectivity index (χ4n) is 0.223. The monoisotopic (exact) mass is 138 g/mol. The molecule has 0 saturated carbocycles. The molecule has 0 aliphatic rings. The van der Waals surface area contributed by atoms with E-state index in [4.69, 9.17) is 5.84 Å². The third-order valence-corrected chi connectivity index (χ3v) is 0.745. The van der Waals surface area contributed by atoms with Crippen LogP contribution in [0.4, 0.5) is 0 Å². The summed E-state index contributed by atoms with van der Waals surface area (Å²) in [6.07, 6.45) is 0. The molecule has 0 fully saturated rings. The Labute approximate surface area is 55.2 Å². The predicted molar refractivity (Wildman–Crippen MR) is 34.5 cm³/mol. The molecule has 2 N–H and O–H groups in total. The van der Waals surface area contributed by atoms with Gasteiger partial charge in [-0.2, -0.15) is 0 Å². The molecule has 50 valence electrons. The van der Waals surface area contributed by atoms with Crippen molar-refractivity contribution >= 4 is 18.3 Å². The lowest BCUT2D eigenvalue weighted by atomic mass is 10.6. The first-order valence-electron chi connectivity index (χ1n) is 2.21. The van der Waals surface area contributed by atoms with Crippen molar-refractivity contribution in [1.82, 2.24) is 5.01 Å². The van der Waals surface area contributed by atoms with Crippen LogP contribution in [0.2, 0.25) is 0 Å². The maximum atomic E-state index is 10.2. The summed E-state index contributed by atoms with van der Waals surface area (Å²) in [7, 11) is 0. The van der Waals surface area contributed by atoms with E-state index in [0.717, 1.165) is 5.01 Å². The van der Waals surface area contributed by atoms with Gasteiger partial charge in [-0.05, 0) is 6.92 Å². The minimum absolute atomic E-state index is 0. The smallest absolute Gasteiger partial charge is 0.233 e. The Bertz CT molecular complexity index is 76.4. The third-order valence-electron chi connectivity index (χ3n) is 0.745. The number of amides is 1. The standard InChI is InChI=1S/C4H10N2O.ClH/c1-3-6(5)4(2)7;/h3,5H2,1-2H3;1H. The van der Waals surface area contributed by atoms with E-state index < -0.39 is 0 Å². The van der Waals surface area contributed by atoms with Crippen LogP contribution in [-0.2, 0) is 4.79 Å². The van der Waals surface area contributed by atoms with Gasteiger partial charge in [0.25, 0.3) is 0 Å². The molecule has 0 radical (unpaired) electrons. The highest BCUT2D eigenvalue weighted by Gasteiger charge is 1.94. The fourth-order valence-corrected chi connectivity index (χ4v) is 0.223. The molecule has 0 heterocycles. The lowest BCUT2D eigenvalue weighted by Gasteiger charge is -2.08. The second kappa shape index (κ2) is 4.87. The molecule has 0 saturated heterocycles. The molecular formula is C4H11ClN2O. The van der Waals surface area contributed by atoms with Crippen LogP contribution in [0, 0.1) is 0 Å². The normalized spacial score (nSPS) is 7.38. The average Bonchev–Trinajstić information content (AvgIpc) is 1.65. The summed E-state index contributed by atoms with van der Waals surface area (Å²) >= 11 is 0. The van der Waals surface area contributed by atoms with Crippen molar-refractivity contribution in [2.24, 2.45) is 5.84 Å². The van der Waals surface area contributed by atoms with Crippen LogP contribution in [0.5, 0.6) is 0 Å². The summed E-state index contributed by atoms with van der Waals surface area (Å²) in [5.74, 6) is 5.00. The zero-order valence-electron chi connectivity index (χ0n) is 5.05. The summed E-state index contributed by atoms with van der Waals surface area (Å²) in [5.41, 5.74) is 0. The van der Waals surface area contributed by atoms with Gasteiger partial charge < -0.3 is 0 Å². The fraction of sp³-hybridized carbons (Fsp3) is 0.750. The topological polar surface area (TPSA) is 46.3 Å². The highest BCUT2D eigenvalue weighted by atomic mass is 35.5.